The van der Waals surface area contributed by atoms with Gasteiger partial charge in [0.15, 0.2) is 5.82 Å². The van der Waals surface area contributed by atoms with Crippen molar-refractivity contribution >= 4 is 11.6 Å². The third-order valence-electron chi connectivity index (χ3n) is 6.82. The molecule has 16 heteroatoms. The van der Waals surface area contributed by atoms with E-state index >= 15 is 0 Å². The Morgan fingerprint density at radius 2 is 1.88 bits per heavy atom. The zero-order valence-corrected chi connectivity index (χ0v) is 23.3. The van der Waals surface area contributed by atoms with Gasteiger partial charge in [-0.15, -0.1) is 5.10 Å². The molecule has 5 rings (SSSR count). The van der Waals surface area contributed by atoms with Crippen LogP contribution in [0.5, 0.6) is 5.75 Å². The molecule has 0 saturated carbocycles. The van der Waals surface area contributed by atoms with Crippen LogP contribution in [0.4, 0.5) is 29.2 Å². The maximum atomic E-state index is 13.9. The third kappa shape index (κ3) is 7.25. The first kappa shape index (κ1) is 29.9. The smallest absolute Gasteiger partial charge is 0.423 e. The summed E-state index contributed by atoms with van der Waals surface area (Å²) in [5, 5.41) is 15.0. The number of ether oxygens (including phenoxy) is 2. The quantitative estimate of drug-likeness (QED) is 0.255. The van der Waals surface area contributed by atoms with Gasteiger partial charge in [-0.2, -0.15) is 18.3 Å². The van der Waals surface area contributed by atoms with Gasteiger partial charge in [-0.25, -0.2) is 23.7 Å². The van der Waals surface area contributed by atoms with Crippen molar-refractivity contribution in [2.45, 2.75) is 44.8 Å². The molecule has 228 valence electrons. The van der Waals surface area contributed by atoms with Crippen molar-refractivity contribution in [1.29, 1.82) is 0 Å². The number of hydrogen-bond donors (Lipinski definition) is 1. The van der Waals surface area contributed by atoms with Crippen molar-refractivity contribution in [3.63, 3.8) is 0 Å². The lowest BCUT2D eigenvalue weighted by atomic mass is 10.2. The molecule has 12 nitrogen and oxygen atoms in total. The van der Waals surface area contributed by atoms with Gasteiger partial charge in [-0.1, -0.05) is 17.3 Å². The van der Waals surface area contributed by atoms with Gasteiger partial charge < -0.3 is 19.7 Å². The minimum absolute atomic E-state index is 0.00984. The zero-order chi connectivity index (χ0) is 30.6. The van der Waals surface area contributed by atoms with Crippen molar-refractivity contribution < 1.29 is 27.0 Å². The summed E-state index contributed by atoms with van der Waals surface area (Å²) in [6, 6.07) is 6.02. The maximum absolute atomic E-state index is 13.9. The van der Waals surface area contributed by atoms with Gasteiger partial charge in [-0.05, 0) is 31.0 Å². The summed E-state index contributed by atoms with van der Waals surface area (Å²) in [5.41, 5.74) is -1.88. The molecule has 1 aromatic carbocycles. The number of aromatic nitrogens is 7. The minimum atomic E-state index is -4.90. The summed E-state index contributed by atoms with van der Waals surface area (Å²) in [5.74, 6) is 0.516. The first-order valence-corrected chi connectivity index (χ1v) is 13.4. The molecule has 0 radical (unpaired) electrons. The summed E-state index contributed by atoms with van der Waals surface area (Å²) in [6.07, 6.45) is 0.841. The lowest BCUT2D eigenvalue weighted by molar-refractivity contribution is -0.138. The molecule has 1 N–H and O–H groups in total. The average Bonchev–Trinajstić information content (AvgIpc) is 3.65. The molecule has 0 aliphatic carbocycles. The lowest BCUT2D eigenvalue weighted by Crippen LogP contribution is -2.34. The second-order valence-corrected chi connectivity index (χ2v) is 10.1. The molecule has 1 saturated heterocycles. The molecule has 4 aromatic rings. The zero-order valence-electron chi connectivity index (χ0n) is 23.3. The number of nitrogens with one attached hydrogen (secondary N) is 1. The molecule has 1 aliphatic rings. The SMILES string of the molecule is COc1ccc(Cn2ncc(NC(C)COCc3cn(C4CCN(c5ncc(F)cn5)C4)nn3)c(C(F)(F)F)c2=O)cc1. The van der Waals surface area contributed by atoms with E-state index in [4.69, 9.17) is 9.47 Å². The third-order valence-corrected chi connectivity index (χ3v) is 6.82. The van der Waals surface area contributed by atoms with Crippen LogP contribution in [0.1, 0.15) is 36.2 Å². The van der Waals surface area contributed by atoms with Crippen molar-refractivity contribution in [2.75, 3.05) is 37.0 Å². The van der Waals surface area contributed by atoms with E-state index in [2.05, 4.69) is 30.7 Å². The van der Waals surface area contributed by atoms with Crippen LogP contribution in [0.3, 0.4) is 0 Å². The van der Waals surface area contributed by atoms with Gasteiger partial charge in [0.05, 0.1) is 63.4 Å². The highest BCUT2D eigenvalue weighted by Gasteiger charge is 2.38. The largest absolute Gasteiger partial charge is 0.497 e. The van der Waals surface area contributed by atoms with Crippen LogP contribution < -0.4 is 20.5 Å². The first-order chi connectivity index (χ1) is 20.6. The Balaban J connectivity index is 1.16. The van der Waals surface area contributed by atoms with E-state index in [1.807, 2.05) is 4.90 Å². The molecule has 43 heavy (non-hydrogen) atoms. The molecule has 3 aromatic heterocycles. The van der Waals surface area contributed by atoms with E-state index in [9.17, 15) is 22.4 Å². The number of nitrogens with zero attached hydrogens (tertiary/aromatic N) is 8. The van der Waals surface area contributed by atoms with Gasteiger partial charge in [0.25, 0.3) is 5.56 Å². The number of halogens is 4. The van der Waals surface area contributed by atoms with Crippen LogP contribution in [-0.2, 0) is 24.1 Å². The number of anilines is 2. The van der Waals surface area contributed by atoms with E-state index in [0.717, 1.165) is 29.7 Å². The molecule has 0 amide bonds. The van der Waals surface area contributed by atoms with Crippen LogP contribution in [0, 0.1) is 5.82 Å². The average molecular weight is 604 g/mol. The molecule has 1 fully saturated rings. The predicted molar refractivity (Wildman–Crippen MR) is 146 cm³/mol. The Kier molecular flexibility index (Phi) is 8.84. The Hall–Kier alpha value is -4.60. The Morgan fingerprint density at radius 3 is 2.58 bits per heavy atom. The molecule has 2 atom stereocenters. The topological polar surface area (TPSA) is 125 Å². The van der Waals surface area contributed by atoms with Crippen LogP contribution in [0.15, 0.2) is 53.8 Å². The van der Waals surface area contributed by atoms with E-state index in [0.29, 0.717) is 36.0 Å². The van der Waals surface area contributed by atoms with Gasteiger partial charge >= 0.3 is 6.18 Å². The van der Waals surface area contributed by atoms with Crippen molar-refractivity contribution in [2.24, 2.45) is 0 Å². The highest BCUT2D eigenvalue weighted by molar-refractivity contribution is 5.50. The molecule has 4 heterocycles. The van der Waals surface area contributed by atoms with Gasteiger partial charge in [0.2, 0.25) is 5.95 Å². The molecule has 2 unspecified atom stereocenters. The number of rotatable bonds is 11. The summed E-state index contributed by atoms with van der Waals surface area (Å²) in [6.45, 7) is 2.85. The van der Waals surface area contributed by atoms with Gasteiger partial charge in [0.1, 0.15) is 17.0 Å². The van der Waals surface area contributed by atoms with Crippen LogP contribution in [-0.4, -0.2) is 67.6 Å². The van der Waals surface area contributed by atoms with Crippen molar-refractivity contribution in [3.05, 3.63) is 82.0 Å². The highest BCUT2D eigenvalue weighted by Crippen LogP contribution is 2.32. The van der Waals surface area contributed by atoms with E-state index < -0.39 is 34.8 Å². The number of hydrogen-bond acceptors (Lipinski definition) is 10. The first-order valence-electron chi connectivity index (χ1n) is 13.4. The lowest BCUT2D eigenvalue weighted by Gasteiger charge is -2.19. The van der Waals surface area contributed by atoms with Gasteiger partial charge in [-0.3, -0.25) is 4.79 Å². The Bertz CT molecular complexity index is 1580. The standard InChI is InChI=1S/C27H29F4N9O3/c1-17(15-43-16-20-13-39(37-36-20)21-7-8-38(14-21)26-32-9-19(28)10-33-26)35-23-11-34-40(25(41)24(23)27(29,30)31)12-18-3-5-22(42-2)6-4-18/h3-6,9-11,13,17,21,35H,7-8,12,14-16H2,1-2H3. The van der Waals surface area contributed by atoms with Crippen LogP contribution in [0.25, 0.3) is 0 Å². The fourth-order valence-corrected chi connectivity index (χ4v) is 4.70. The minimum Gasteiger partial charge on any atom is -0.497 e. The fourth-order valence-electron chi connectivity index (χ4n) is 4.70. The molecule has 0 spiro atoms. The van der Waals surface area contributed by atoms with Crippen molar-refractivity contribution in [3.8, 4) is 5.75 Å². The van der Waals surface area contributed by atoms with Crippen molar-refractivity contribution in [1.82, 2.24) is 34.7 Å². The molecular formula is C27H29F4N9O3. The molecular weight excluding hydrogens is 574 g/mol. The number of alkyl halides is 3. The number of methoxy groups -OCH3 is 1. The maximum Gasteiger partial charge on any atom is 0.423 e. The van der Waals surface area contributed by atoms with Crippen LogP contribution in [0.2, 0.25) is 0 Å². The van der Waals surface area contributed by atoms with E-state index in [1.165, 1.54) is 7.11 Å². The van der Waals surface area contributed by atoms with Crippen LogP contribution >= 0.6 is 0 Å². The second-order valence-electron chi connectivity index (χ2n) is 10.1. The summed E-state index contributed by atoms with van der Waals surface area (Å²) >= 11 is 0. The fraction of sp³-hybridized carbons (Fsp3) is 0.407. The molecule has 1 aliphatic heterocycles. The molecule has 0 bridgehead atoms. The van der Waals surface area contributed by atoms with E-state index in [1.54, 1.807) is 42.1 Å². The summed E-state index contributed by atoms with van der Waals surface area (Å²) in [4.78, 5) is 22.8. The predicted octanol–water partition coefficient (Wildman–Crippen LogP) is 3.31. The number of benzene rings is 1. The second kappa shape index (κ2) is 12.7. The van der Waals surface area contributed by atoms with E-state index in [-0.39, 0.29) is 25.8 Å². The Labute approximate surface area is 243 Å². The Morgan fingerprint density at radius 1 is 1.14 bits per heavy atom. The normalized spacial score (nSPS) is 16.0. The monoisotopic (exact) mass is 603 g/mol. The highest BCUT2D eigenvalue weighted by atomic mass is 19.4. The van der Waals surface area contributed by atoms with Gasteiger partial charge in [0, 0.05) is 19.1 Å². The summed E-state index contributed by atoms with van der Waals surface area (Å²) in [7, 11) is 1.50. The summed E-state index contributed by atoms with van der Waals surface area (Å²) < 4.78 is 68.2.